The van der Waals surface area contributed by atoms with E-state index in [0.29, 0.717) is 17.5 Å². The van der Waals surface area contributed by atoms with Gasteiger partial charge in [-0.1, -0.05) is 37.8 Å². The second kappa shape index (κ2) is 9.46. The van der Waals surface area contributed by atoms with E-state index in [1.165, 1.54) is 24.6 Å². The lowest BCUT2D eigenvalue weighted by Crippen LogP contribution is -2.23. The number of nitro groups is 1. The number of carbonyl (C=O) groups excluding carboxylic acids is 2. The highest BCUT2D eigenvalue weighted by atomic mass is 32.1. The van der Waals surface area contributed by atoms with Crippen molar-refractivity contribution in [2.45, 2.75) is 38.0 Å². The van der Waals surface area contributed by atoms with Crippen LogP contribution >= 0.6 is 11.3 Å². The van der Waals surface area contributed by atoms with Crippen molar-refractivity contribution in [2.75, 3.05) is 12.4 Å². The van der Waals surface area contributed by atoms with Gasteiger partial charge in [-0.15, -0.1) is 11.3 Å². The fourth-order valence-electron chi connectivity index (χ4n) is 3.49. The van der Waals surface area contributed by atoms with Gasteiger partial charge in [0.15, 0.2) is 5.13 Å². The summed E-state index contributed by atoms with van der Waals surface area (Å²) in [5.74, 6) is -0.215. The van der Waals surface area contributed by atoms with Crippen LogP contribution in [0.15, 0.2) is 29.6 Å². The maximum Gasteiger partial charge on any atom is 0.514 e. The van der Waals surface area contributed by atoms with Gasteiger partial charge in [-0.2, -0.15) is 4.98 Å². The number of ether oxygens (including phenoxy) is 2. The number of benzene rings is 1. The first-order valence-electron chi connectivity index (χ1n) is 9.23. The van der Waals surface area contributed by atoms with Crippen molar-refractivity contribution in [3.63, 3.8) is 0 Å². The number of amides is 1. The summed E-state index contributed by atoms with van der Waals surface area (Å²) in [6.45, 7) is 0. The molecule has 1 saturated carbocycles. The van der Waals surface area contributed by atoms with Crippen molar-refractivity contribution in [2.24, 2.45) is 5.92 Å². The number of hydrogen-bond acceptors (Lipinski definition) is 8. The zero-order chi connectivity index (χ0) is 20.8. The maximum absolute atomic E-state index is 13.0. The number of thiazole rings is 1. The third-order valence-electron chi connectivity index (χ3n) is 4.93. The SMILES string of the molecule is COC(=O)Oc1csc(NC(=O)C(CC2CCCC2)c2ccc([N+](=O)[O-])cc2)n1. The minimum Gasteiger partial charge on any atom is -0.437 e. The summed E-state index contributed by atoms with van der Waals surface area (Å²) in [5.41, 5.74) is 0.709. The molecule has 1 N–H and O–H groups in total. The standard InChI is InChI=1S/C19H21N3O6S/c1-27-19(24)28-16-11-29-18(20-16)21-17(23)15(10-12-4-2-3-5-12)13-6-8-14(9-7-13)22(25)26/h6-9,11-12,15H,2-5,10H2,1H3,(H,20,21,23). The molecule has 3 rings (SSSR count). The van der Waals surface area contributed by atoms with Gasteiger partial charge in [0.05, 0.1) is 23.3 Å². The lowest BCUT2D eigenvalue weighted by Gasteiger charge is -2.20. The lowest BCUT2D eigenvalue weighted by molar-refractivity contribution is -0.384. The molecule has 1 aliphatic carbocycles. The second-order valence-electron chi connectivity index (χ2n) is 6.82. The van der Waals surface area contributed by atoms with Gasteiger partial charge in [0.1, 0.15) is 0 Å². The average Bonchev–Trinajstić information content (AvgIpc) is 3.38. The molecule has 1 heterocycles. The molecule has 1 aromatic carbocycles. The number of aromatic nitrogens is 1. The van der Waals surface area contributed by atoms with Crippen LogP contribution in [0.25, 0.3) is 0 Å². The molecule has 0 spiro atoms. The monoisotopic (exact) mass is 419 g/mol. The van der Waals surface area contributed by atoms with Crippen LogP contribution in [0.2, 0.25) is 0 Å². The molecule has 0 radical (unpaired) electrons. The first-order chi connectivity index (χ1) is 14.0. The maximum atomic E-state index is 13.0. The van der Waals surface area contributed by atoms with E-state index in [2.05, 4.69) is 15.0 Å². The fourth-order valence-corrected chi connectivity index (χ4v) is 4.10. The van der Waals surface area contributed by atoms with Crippen molar-refractivity contribution >= 4 is 34.2 Å². The highest BCUT2D eigenvalue weighted by Gasteiger charge is 2.28. The third-order valence-corrected chi connectivity index (χ3v) is 5.67. The molecule has 154 valence electrons. The van der Waals surface area contributed by atoms with E-state index in [-0.39, 0.29) is 17.5 Å². The number of rotatable bonds is 7. The molecule has 0 aliphatic heterocycles. The molecular formula is C19H21N3O6S. The summed E-state index contributed by atoms with van der Waals surface area (Å²) >= 11 is 1.13. The van der Waals surface area contributed by atoms with Crippen molar-refractivity contribution in [1.82, 2.24) is 4.98 Å². The molecule has 10 heteroatoms. The number of carbonyl (C=O) groups is 2. The Balaban J connectivity index is 1.75. The summed E-state index contributed by atoms with van der Waals surface area (Å²) < 4.78 is 9.25. The van der Waals surface area contributed by atoms with E-state index >= 15 is 0 Å². The fraction of sp³-hybridized carbons (Fsp3) is 0.421. The Kier molecular flexibility index (Phi) is 6.76. The third kappa shape index (κ3) is 5.50. The minimum absolute atomic E-state index is 0.0155. The molecule has 1 amide bonds. The molecule has 9 nitrogen and oxygen atoms in total. The van der Waals surface area contributed by atoms with Crippen LogP contribution < -0.4 is 10.1 Å². The van der Waals surface area contributed by atoms with Gasteiger partial charge in [0.2, 0.25) is 11.8 Å². The smallest absolute Gasteiger partial charge is 0.437 e. The summed E-state index contributed by atoms with van der Waals surface area (Å²) in [7, 11) is 1.19. The van der Waals surface area contributed by atoms with Gasteiger partial charge in [0.25, 0.3) is 5.69 Å². The van der Waals surface area contributed by atoms with E-state index in [9.17, 15) is 19.7 Å². The van der Waals surface area contributed by atoms with Gasteiger partial charge in [0, 0.05) is 12.1 Å². The Morgan fingerprint density at radius 1 is 1.31 bits per heavy atom. The van der Waals surface area contributed by atoms with Gasteiger partial charge < -0.3 is 14.8 Å². The summed E-state index contributed by atoms with van der Waals surface area (Å²) in [6.07, 6.45) is 4.23. The number of nitro benzene ring substituents is 1. The van der Waals surface area contributed by atoms with E-state index in [4.69, 9.17) is 4.74 Å². The lowest BCUT2D eigenvalue weighted by atomic mass is 9.87. The first-order valence-corrected chi connectivity index (χ1v) is 10.1. The van der Waals surface area contributed by atoms with Gasteiger partial charge in [-0.05, 0) is 17.9 Å². The van der Waals surface area contributed by atoms with Crippen molar-refractivity contribution in [3.8, 4) is 5.88 Å². The Hall–Kier alpha value is -3.01. The molecule has 1 fully saturated rings. The van der Waals surface area contributed by atoms with Gasteiger partial charge in [-0.3, -0.25) is 14.9 Å². The van der Waals surface area contributed by atoms with Crippen LogP contribution in [0.3, 0.4) is 0 Å². The number of methoxy groups -OCH3 is 1. The largest absolute Gasteiger partial charge is 0.514 e. The summed E-state index contributed by atoms with van der Waals surface area (Å²) in [4.78, 5) is 38.7. The number of nitrogens with one attached hydrogen (secondary N) is 1. The van der Waals surface area contributed by atoms with E-state index in [1.807, 2.05) is 0 Å². The van der Waals surface area contributed by atoms with Crippen LogP contribution in [0.1, 0.15) is 43.6 Å². The number of hydrogen-bond donors (Lipinski definition) is 1. The summed E-state index contributed by atoms with van der Waals surface area (Å²) in [5, 5.41) is 15.5. The second-order valence-corrected chi connectivity index (χ2v) is 7.68. The number of anilines is 1. The Labute approximate surface area is 171 Å². The van der Waals surface area contributed by atoms with Crippen LogP contribution in [0, 0.1) is 16.0 Å². The van der Waals surface area contributed by atoms with Crippen molar-refractivity contribution in [3.05, 3.63) is 45.3 Å². The molecular weight excluding hydrogens is 398 g/mol. The molecule has 2 aromatic rings. The highest BCUT2D eigenvalue weighted by Crippen LogP contribution is 2.35. The predicted octanol–water partition coefficient (Wildman–Crippen LogP) is 4.50. The van der Waals surface area contributed by atoms with Crippen LogP contribution in [0.5, 0.6) is 5.88 Å². The van der Waals surface area contributed by atoms with Crippen LogP contribution in [0.4, 0.5) is 15.6 Å². The van der Waals surface area contributed by atoms with Crippen molar-refractivity contribution < 1.29 is 24.0 Å². The van der Waals surface area contributed by atoms with Crippen LogP contribution in [-0.4, -0.2) is 29.1 Å². The Morgan fingerprint density at radius 3 is 2.62 bits per heavy atom. The number of nitrogens with zero attached hydrogens (tertiary/aromatic N) is 2. The molecule has 29 heavy (non-hydrogen) atoms. The zero-order valence-corrected chi connectivity index (χ0v) is 16.6. The normalized spacial score (nSPS) is 14.9. The number of non-ortho nitro benzene ring substituents is 1. The highest BCUT2D eigenvalue weighted by molar-refractivity contribution is 7.14. The Morgan fingerprint density at radius 2 is 2.00 bits per heavy atom. The van der Waals surface area contributed by atoms with Gasteiger partial charge in [-0.25, -0.2) is 4.79 Å². The first kappa shape index (κ1) is 20.7. The minimum atomic E-state index is -0.891. The van der Waals surface area contributed by atoms with Crippen molar-refractivity contribution in [1.29, 1.82) is 0 Å². The van der Waals surface area contributed by atoms with Crippen LogP contribution in [-0.2, 0) is 9.53 Å². The molecule has 1 aromatic heterocycles. The summed E-state index contributed by atoms with van der Waals surface area (Å²) in [6, 6.07) is 6.09. The predicted molar refractivity (Wildman–Crippen MR) is 106 cm³/mol. The molecule has 0 bridgehead atoms. The Bertz CT molecular complexity index is 876. The zero-order valence-electron chi connectivity index (χ0n) is 15.8. The quantitative estimate of drug-likeness (QED) is 0.398. The molecule has 1 unspecified atom stereocenters. The van der Waals surface area contributed by atoms with Gasteiger partial charge >= 0.3 is 6.16 Å². The topological polar surface area (TPSA) is 121 Å². The van der Waals surface area contributed by atoms with E-state index in [0.717, 1.165) is 42.6 Å². The molecule has 1 atom stereocenters. The molecule has 0 saturated heterocycles. The molecule has 1 aliphatic rings. The van der Waals surface area contributed by atoms with E-state index < -0.39 is 17.0 Å². The van der Waals surface area contributed by atoms with E-state index in [1.54, 1.807) is 12.1 Å². The average molecular weight is 419 g/mol.